The lowest BCUT2D eigenvalue weighted by Crippen LogP contribution is -2.14. The highest BCUT2D eigenvalue weighted by atomic mass is 35.5. The molecule has 1 amide bonds. The van der Waals surface area contributed by atoms with Crippen LogP contribution in [0.5, 0.6) is 0 Å². The molecule has 0 aliphatic rings. The van der Waals surface area contributed by atoms with Crippen LogP contribution in [0.4, 0.5) is 5.69 Å². The van der Waals surface area contributed by atoms with Crippen molar-refractivity contribution in [2.24, 2.45) is 5.73 Å². The van der Waals surface area contributed by atoms with Gasteiger partial charge < -0.3 is 11.5 Å². The minimum absolute atomic E-state index is 0.00364. The van der Waals surface area contributed by atoms with E-state index in [1.807, 2.05) is 0 Å². The van der Waals surface area contributed by atoms with Crippen LogP contribution in [0, 0.1) is 0 Å². The Bertz CT molecular complexity index is 378. The monoisotopic (exact) mass is 238 g/mol. The maximum Gasteiger partial charge on any atom is 0.252 e. The maximum absolute atomic E-state index is 10.9. The third-order valence-electron chi connectivity index (χ3n) is 1.44. The Morgan fingerprint density at radius 1 is 1.23 bits per heavy atom. The Kier molecular flexibility index (Phi) is 2.91. The highest BCUT2D eigenvalue weighted by Crippen LogP contribution is 2.35. The van der Waals surface area contributed by atoms with Gasteiger partial charge in [-0.3, -0.25) is 4.79 Å². The van der Waals surface area contributed by atoms with Crippen LogP contribution in [0.15, 0.2) is 6.07 Å². The smallest absolute Gasteiger partial charge is 0.252 e. The highest BCUT2D eigenvalue weighted by Gasteiger charge is 2.16. The summed E-state index contributed by atoms with van der Waals surface area (Å²) >= 11 is 17.0. The normalized spacial score (nSPS) is 10.1. The van der Waals surface area contributed by atoms with Crippen molar-refractivity contribution in [3.8, 4) is 0 Å². The number of benzene rings is 1. The topological polar surface area (TPSA) is 69.1 Å². The summed E-state index contributed by atoms with van der Waals surface area (Å²) in [7, 11) is 0. The average Bonchev–Trinajstić information content (AvgIpc) is 1.99. The number of amides is 1. The van der Waals surface area contributed by atoms with Crippen LogP contribution in [-0.2, 0) is 0 Å². The summed E-state index contributed by atoms with van der Waals surface area (Å²) in [5.74, 6) is -0.735. The third-order valence-corrected chi connectivity index (χ3v) is 2.70. The summed E-state index contributed by atoms with van der Waals surface area (Å²) in [6, 6.07) is 1.33. The van der Waals surface area contributed by atoms with Crippen molar-refractivity contribution < 1.29 is 4.79 Å². The molecule has 4 N–H and O–H groups in total. The third kappa shape index (κ3) is 1.82. The van der Waals surface area contributed by atoms with Gasteiger partial charge in [0.15, 0.2) is 0 Å². The molecule has 6 heteroatoms. The van der Waals surface area contributed by atoms with Gasteiger partial charge in [-0.2, -0.15) is 0 Å². The molecule has 0 heterocycles. The first kappa shape index (κ1) is 10.4. The van der Waals surface area contributed by atoms with Crippen molar-refractivity contribution in [3.05, 3.63) is 26.7 Å². The maximum atomic E-state index is 10.9. The Hall–Kier alpha value is -0.640. The van der Waals surface area contributed by atoms with Gasteiger partial charge in [-0.1, -0.05) is 34.8 Å². The molecular weight excluding hydrogens is 234 g/mol. The molecule has 0 saturated heterocycles. The number of rotatable bonds is 1. The van der Waals surface area contributed by atoms with Crippen molar-refractivity contribution in [2.75, 3.05) is 5.73 Å². The number of carbonyl (C=O) groups excluding carboxylic acids is 1. The predicted octanol–water partition coefficient (Wildman–Crippen LogP) is 2.33. The van der Waals surface area contributed by atoms with Gasteiger partial charge in [-0.25, -0.2) is 0 Å². The number of carbonyl (C=O) groups is 1. The summed E-state index contributed by atoms with van der Waals surface area (Å²) in [6.07, 6.45) is 0. The van der Waals surface area contributed by atoms with Crippen molar-refractivity contribution in [2.45, 2.75) is 0 Å². The molecule has 0 aliphatic heterocycles. The molecule has 0 aliphatic carbocycles. The van der Waals surface area contributed by atoms with Gasteiger partial charge in [-0.15, -0.1) is 0 Å². The Morgan fingerprint density at radius 3 is 2.23 bits per heavy atom. The van der Waals surface area contributed by atoms with Crippen molar-refractivity contribution in [1.82, 2.24) is 0 Å². The van der Waals surface area contributed by atoms with E-state index < -0.39 is 5.91 Å². The van der Waals surface area contributed by atoms with Gasteiger partial charge >= 0.3 is 0 Å². The number of anilines is 1. The van der Waals surface area contributed by atoms with E-state index in [1.165, 1.54) is 6.07 Å². The van der Waals surface area contributed by atoms with Gasteiger partial charge in [-0.05, 0) is 6.07 Å². The SMILES string of the molecule is NC(=O)c1c(N)cc(Cl)c(Cl)c1Cl. The van der Waals surface area contributed by atoms with E-state index >= 15 is 0 Å². The fourth-order valence-electron chi connectivity index (χ4n) is 0.864. The second kappa shape index (κ2) is 3.62. The van der Waals surface area contributed by atoms with Gasteiger partial charge in [0.25, 0.3) is 5.91 Å². The second-order valence-electron chi connectivity index (χ2n) is 2.31. The van der Waals surface area contributed by atoms with E-state index in [0.717, 1.165) is 0 Å². The highest BCUT2D eigenvalue weighted by molar-refractivity contribution is 6.49. The standard InChI is InChI=1S/C7H5Cl3N2O/c8-2-1-3(11)4(7(12)13)6(10)5(2)9/h1H,11H2,(H2,12,13). The van der Waals surface area contributed by atoms with Crippen LogP contribution in [0.25, 0.3) is 0 Å². The zero-order valence-corrected chi connectivity index (χ0v) is 8.54. The van der Waals surface area contributed by atoms with Gasteiger partial charge in [0.2, 0.25) is 0 Å². The predicted molar refractivity (Wildman–Crippen MR) is 54.4 cm³/mol. The molecule has 1 aromatic rings. The quantitative estimate of drug-likeness (QED) is 0.583. The van der Waals surface area contributed by atoms with Crippen molar-refractivity contribution >= 4 is 46.4 Å². The van der Waals surface area contributed by atoms with E-state index in [0.29, 0.717) is 0 Å². The lowest BCUT2D eigenvalue weighted by Gasteiger charge is -2.07. The first-order valence-electron chi connectivity index (χ1n) is 3.18. The average molecular weight is 239 g/mol. The largest absolute Gasteiger partial charge is 0.398 e. The molecule has 1 rings (SSSR count). The molecule has 0 atom stereocenters. The zero-order valence-electron chi connectivity index (χ0n) is 6.27. The van der Waals surface area contributed by atoms with Crippen molar-refractivity contribution in [3.63, 3.8) is 0 Å². The fraction of sp³-hybridized carbons (Fsp3) is 0. The molecule has 0 saturated carbocycles. The van der Waals surface area contributed by atoms with Gasteiger partial charge in [0.1, 0.15) is 0 Å². The molecule has 0 unspecified atom stereocenters. The van der Waals surface area contributed by atoms with E-state index in [-0.39, 0.29) is 26.3 Å². The zero-order chi connectivity index (χ0) is 10.2. The van der Waals surface area contributed by atoms with Crippen LogP contribution >= 0.6 is 34.8 Å². The number of nitrogens with two attached hydrogens (primary N) is 2. The van der Waals surface area contributed by atoms with Crippen molar-refractivity contribution in [1.29, 1.82) is 0 Å². The first-order chi connectivity index (χ1) is 5.95. The molecule has 3 nitrogen and oxygen atoms in total. The summed E-state index contributed by atoms with van der Waals surface area (Å²) < 4.78 is 0. The lowest BCUT2D eigenvalue weighted by molar-refractivity contribution is 0.100. The molecule has 0 fully saturated rings. The fourth-order valence-corrected chi connectivity index (χ4v) is 1.58. The first-order valence-corrected chi connectivity index (χ1v) is 4.31. The molecule has 0 aromatic heterocycles. The molecule has 1 aromatic carbocycles. The van der Waals surface area contributed by atoms with E-state index in [4.69, 9.17) is 46.3 Å². The molecule has 70 valence electrons. The summed E-state index contributed by atoms with van der Waals surface area (Å²) in [4.78, 5) is 10.9. The Labute approximate surface area is 89.5 Å². The number of hydrogen-bond acceptors (Lipinski definition) is 2. The minimum Gasteiger partial charge on any atom is -0.398 e. The van der Waals surface area contributed by atoms with Gasteiger partial charge in [0.05, 0.1) is 20.6 Å². The second-order valence-corrected chi connectivity index (χ2v) is 3.48. The van der Waals surface area contributed by atoms with Gasteiger partial charge in [0, 0.05) is 5.69 Å². The molecule has 13 heavy (non-hydrogen) atoms. The molecule has 0 spiro atoms. The molecular formula is C7H5Cl3N2O. The Morgan fingerprint density at radius 2 is 1.77 bits per heavy atom. The summed E-state index contributed by atoms with van der Waals surface area (Å²) in [6.45, 7) is 0. The number of hydrogen-bond donors (Lipinski definition) is 2. The summed E-state index contributed by atoms with van der Waals surface area (Å²) in [5, 5.41) is 0.250. The lowest BCUT2D eigenvalue weighted by atomic mass is 10.1. The molecule has 0 radical (unpaired) electrons. The Balaban J connectivity index is 3.53. The van der Waals surface area contributed by atoms with E-state index in [2.05, 4.69) is 0 Å². The number of nitrogen functional groups attached to an aromatic ring is 1. The number of primary amides is 1. The van der Waals surface area contributed by atoms with Crippen LogP contribution in [0.2, 0.25) is 15.1 Å². The van der Waals surface area contributed by atoms with E-state index in [9.17, 15) is 4.79 Å². The van der Waals surface area contributed by atoms with Crippen LogP contribution in [0.1, 0.15) is 10.4 Å². The van der Waals surface area contributed by atoms with Crippen LogP contribution < -0.4 is 11.5 Å². The van der Waals surface area contributed by atoms with Crippen LogP contribution in [-0.4, -0.2) is 5.91 Å². The van der Waals surface area contributed by atoms with Crippen LogP contribution in [0.3, 0.4) is 0 Å². The summed E-state index contributed by atoms with van der Waals surface area (Å²) in [5.41, 5.74) is 10.6. The van der Waals surface area contributed by atoms with E-state index in [1.54, 1.807) is 0 Å². The number of halogens is 3. The molecule has 0 bridgehead atoms. The minimum atomic E-state index is -0.735.